The minimum atomic E-state index is -4.23. The molecule has 94 valence electrons. The minimum absolute atomic E-state index is 0.107. The van der Waals surface area contributed by atoms with Crippen molar-refractivity contribution in [2.75, 3.05) is 13.2 Å². The molecule has 1 aromatic heterocycles. The highest BCUT2D eigenvalue weighted by molar-refractivity contribution is 7.86. The molecule has 0 aliphatic carbocycles. The maximum absolute atomic E-state index is 12.7. The molecule has 1 aromatic rings. The van der Waals surface area contributed by atoms with Crippen LogP contribution in [-0.4, -0.2) is 41.4 Å². The summed E-state index contributed by atoms with van der Waals surface area (Å²) in [5.74, 6) is -0.958. The van der Waals surface area contributed by atoms with E-state index in [9.17, 15) is 12.8 Å². The van der Waals surface area contributed by atoms with E-state index in [0.29, 0.717) is 13.0 Å². The number of rotatable bonds is 2. The van der Waals surface area contributed by atoms with Crippen LogP contribution in [0.3, 0.4) is 0 Å². The lowest BCUT2D eigenvalue weighted by Gasteiger charge is -2.27. The Morgan fingerprint density at radius 1 is 1.41 bits per heavy atom. The summed E-state index contributed by atoms with van der Waals surface area (Å²) in [4.78, 5) is 7.50. The van der Waals surface area contributed by atoms with E-state index in [1.54, 1.807) is 0 Å². The minimum Gasteiger partial charge on any atom is -0.380 e. The molecular weight excluding hydrogens is 251 g/mol. The number of hydrogen-bond acceptors (Lipinski definition) is 5. The number of aromatic nitrogens is 2. The van der Waals surface area contributed by atoms with Gasteiger partial charge >= 0.3 is 0 Å². The number of hydrogen-bond donors (Lipinski definition) is 1. The second-order valence-corrected chi connectivity index (χ2v) is 5.42. The second kappa shape index (κ2) is 4.63. The molecule has 0 radical (unpaired) electrons. The van der Waals surface area contributed by atoms with E-state index in [1.165, 1.54) is 0 Å². The van der Waals surface area contributed by atoms with Crippen LogP contribution in [-0.2, 0) is 14.9 Å². The molecule has 0 saturated carbocycles. The molecule has 6 nitrogen and oxygen atoms in total. The fraction of sp³-hybridized carbons (Fsp3) is 0.556. The van der Waals surface area contributed by atoms with E-state index in [2.05, 4.69) is 9.97 Å². The Balaban J connectivity index is 2.31. The summed E-state index contributed by atoms with van der Waals surface area (Å²) in [5.41, 5.74) is 0. The maximum atomic E-state index is 12.7. The predicted octanol–water partition coefficient (Wildman–Crippen LogP) is 0.376. The van der Waals surface area contributed by atoms with Gasteiger partial charge in [-0.25, -0.2) is 14.4 Å². The Morgan fingerprint density at radius 2 is 2.06 bits per heavy atom. The Kier molecular flexibility index (Phi) is 3.36. The van der Waals surface area contributed by atoms with Crippen molar-refractivity contribution >= 4 is 10.1 Å². The Morgan fingerprint density at radius 3 is 2.65 bits per heavy atom. The molecule has 1 fully saturated rings. The van der Waals surface area contributed by atoms with Crippen molar-refractivity contribution in [3.8, 4) is 0 Å². The molecule has 0 aromatic carbocycles. The van der Waals surface area contributed by atoms with Crippen molar-refractivity contribution in [1.29, 1.82) is 0 Å². The molecule has 1 aliphatic rings. The molecule has 2 atom stereocenters. The van der Waals surface area contributed by atoms with Gasteiger partial charge in [-0.3, -0.25) is 4.55 Å². The molecular formula is C9H11FN2O4S. The van der Waals surface area contributed by atoms with Gasteiger partial charge in [-0.15, -0.1) is 0 Å². The normalized spacial score (nSPS) is 25.8. The van der Waals surface area contributed by atoms with Gasteiger partial charge < -0.3 is 4.74 Å². The zero-order valence-electron chi connectivity index (χ0n) is 8.78. The third kappa shape index (κ3) is 2.76. The van der Waals surface area contributed by atoms with Gasteiger partial charge in [0.15, 0.2) is 5.82 Å². The van der Waals surface area contributed by atoms with Crippen molar-refractivity contribution in [2.24, 2.45) is 0 Å². The van der Waals surface area contributed by atoms with Crippen LogP contribution in [0.1, 0.15) is 18.2 Å². The lowest BCUT2D eigenvalue weighted by molar-refractivity contribution is 0.0840. The molecule has 17 heavy (non-hydrogen) atoms. The van der Waals surface area contributed by atoms with Crippen molar-refractivity contribution in [2.45, 2.75) is 17.6 Å². The number of ether oxygens (including phenoxy) is 1. The first-order chi connectivity index (χ1) is 7.98. The highest BCUT2D eigenvalue weighted by Crippen LogP contribution is 2.28. The SMILES string of the molecule is O=S(=O)(O)[C@H]1COCC[C@@H]1c1ncc(F)cn1. The Hall–Kier alpha value is -1.12. The van der Waals surface area contributed by atoms with Crippen LogP contribution in [0.25, 0.3) is 0 Å². The van der Waals surface area contributed by atoms with Crippen LogP contribution in [0.5, 0.6) is 0 Å². The van der Waals surface area contributed by atoms with Crippen molar-refractivity contribution < 1.29 is 22.1 Å². The van der Waals surface area contributed by atoms with Crippen LogP contribution < -0.4 is 0 Å². The summed E-state index contributed by atoms with van der Waals surface area (Å²) in [6, 6.07) is 0. The first kappa shape index (κ1) is 12.3. The molecule has 0 bridgehead atoms. The quantitative estimate of drug-likeness (QED) is 0.775. The van der Waals surface area contributed by atoms with E-state index in [-0.39, 0.29) is 12.4 Å². The Bertz CT molecular complexity index is 490. The molecule has 1 N–H and O–H groups in total. The van der Waals surface area contributed by atoms with E-state index in [0.717, 1.165) is 12.4 Å². The average Bonchev–Trinajstić information content (AvgIpc) is 2.29. The van der Waals surface area contributed by atoms with Crippen LogP contribution >= 0.6 is 0 Å². The average molecular weight is 262 g/mol. The molecule has 0 spiro atoms. The molecule has 8 heteroatoms. The molecule has 2 rings (SSSR count). The second-order valence-electron chi connectivity index (χ2n) is 3.78. The smallest absolute Gasteiger partial charge is 0.270 e. The molecule has 0 unspecified atom stereocenters. The standard InChI is InChI=1S/C9H11FN2O4S/c10-6-3-11-9(12-4-6)7-1-2-16-5-8(7)17(13,14)15/h3-4,7-8H,1-2,5H2,(H,13,14,15)/t7-,8-/m0/s1. The maximum Gasteiger partial charge on any atom is 0.270 e. The highest BCUT2D eigenvalue weighted by atomic mass is 32.2. The van der Waals surface area contributed by atoms with Gasteiger partial charge in [0.2, 0.25) is 0 Å². The van der Waals surface area contributed by atoms with Crippen molar-refractivity contribution in [3.05, 3.63) is 24.0 Å². The third-order valence-corrected chi connectivity index (χ3v) is 3.89. The summed E-state index contributed by atoms with van der Waals surface area (Å²) in [7, 11) is -4.23. The van der Waals surface area contributed by atoms with Crippen LogP contribution in [0.4, 0.5) is 4.39 Å². The van der Waals surface area contributed by atoms with Gasteiger partial charge in [0, 0.05) is 12.5 Å². The van der Waals surface area contributed by atoms with Gasteiger partial charge in [0.1, 0.15) is 11.1 Å². The van der Waals surface area contributed by atoms with Gasteiger partial charge in [0.25, 0.3) is 10.1 Å². The van der Waals surface area contributed by atoms with Gasteiger partial charge in [-0.05, 0) is 6.42 Å². The highest BCUT2D eigenvalue weighted by Gasteiger charge is 2.37. The zero-order chi connectivity index (χ0) is 12.5. The number of nitrogens with zero attached hydrogens (tertiary/aromatic N) is 2. The summed E-state index contributed by atoms with van der Waals surface area (Å²) >= 11 is 0. The van der Waals surface area contributed by atoms with Crippen molar-refractivity contribution in [1.82, 2.24) is 9.97 Å². The predicted molar refractivity (Wildman–Crippen MR) is 55.5 cm³/mol. The molecule has 2 heterocycles. The first-order valence-corrected chi connectivity index (χ1v) is 6.50. The molecule has 1 aliphatic heterocycles. The van der Waals surface area contributed by atoms with Crippen LogP contribution in [0, 0.1) is 5.82 Å². The molecule has 0 amide bonds. The van der Waals surface area contributed by atoms with Gasteiger partial charge in [0.05, 0.1) is 19.0 Å². The summed E-state index contributed by atoms with van der Waals surface area (Å²) in [6.07, 6.45) is 2.31. The zero-order valence-corrected chi connectivity index (χ0v) is 9.60. The molecule has 1 saturated heterocycles. The van der Waals surface area contributed by atoms with E-state index < -0.39 is 27.1 Å². The lowest BCUT2D eigenvalue weighted by atomic mass is 9.99. The monoisotopic (exact) mass is 262 g/mol. The largest absolute Gasteiger partial charge is 0.380 e. The Labute approximate surface area is 97.6 Å². The summed E-state index contributed by atoms with van der Waals surface area (Å²) in [6.45, 7) is 0.252. The van der Waals surface area contributed by atoms with Gasteiger partial charge in [-0.1, -0.05) is 0 Å². The summed E-state index contributed by atoms with van der Waals surface area (Å²) in [5, 5.41) is -1.10. The topological polar surface area (TPSA) is 89.4 Å². The summed E-state index contributed by atoms with van der Waals surface area (Å²) < 4.78 is 49.1. The number of halogens is 1. The third-order valence-electron chi connectivity index (χ3n) is 2.66. The first-order valence-electron chi connectivity index (χ1n) is 5.00. The lowest BCUT2D eigenvalue weighted by Crippen LogP contribution is -2.38. The van der Waals surface area contributed by atoms with Crippen LogP contribution in [0.2, 0.25) is 0 Å². The fourth-order valence-electron chi connectivity index (χ4n) is 1.81. The van der Waals surface area contributed by atoms with E-state index in [1.807, 2.05) is 0 Å². The van der Waals surface area contributed by atoms with Crippen LogP contribution in [0.15, 0.2) is 12.4 Å². The van der Waals surface area contributed by atoms with Crippen molar-refractivity contribution in [3.63, 3.8) is 0 Å². The van der Waals surface area contributed by atoms with Gasteiger partial charge in [-0.2, -0.15) is 8.42 Å². The fourth-order valence-corrected chi connectivity index (χ4v) is 2.76. The van der Waals surface area contributed by atoms with E-state index in [4.69, 9.17) is 9.29 Å². The van der Waals surface area contributed by atoms with E-state index >= 15 is 0 Å².